The lowest BCUT2D eigenvalue weighted by atomic mass is 9.95. The molecule has 0 bridgehead atoms. The number of aliphatic hydroxyl groups excluding tert-OH is 1. The Balaban J connectivity index is 1.78. The number of hydrogen-bond acceptors (Lipinski definition) is 3. The predicted octanol–water partition coefficient (Wildman–Crippen LogP) is 5.64. The average Bonchev–Trinajstić information content (AvgIpc) is 2.66. The largest absolute Gasteiger partial charge is 0.573 e. The fourth-order valence-electron chi connectivity index (χ4n) is 2.82. The molecule has 0 aliphatic carbocycles. The second kappa shape index (κ2) is 8.22. The van der Waals surface area contributed by atoms with Crippen LogP contribution in [-0.2, 0) is 0 Å². The fraction of sp³-hybridized carbons (Fsp3) is 0.143. The highest BCUT2D eigenvalue weighted by Gasteiger charge is 2.31. The van der Waals surface area contributed by atoms with Crippen molar-refractivity contribution in [3.63, 3.8) is 0 Å². The second-order valence-electron chi connectivity index (χ2n) is 6.22. The van der Waals surface area contributed by atoms with E-state index in [1.54, 1.807) is 54.6 Å². The number of alkyl halides is 3. The van der Waals surface area contributed by atoms with Gasteiger partial charge in [0.05, 0.1) is 12.1 Å². The molecule has 7 heteroatoms. The molecule has 0 radical (unpaired) electrons. The maximum absolute atomic E-state index is 12.4. The Hall–Kier alpha value is -2.54. The van der Waals surface area contributed by atoms with Crippen LogP contribution in [0.3, 0.4) is 0 Å². The Kier molecular flexibility index (Phi) is 5.93. The summed E-state index contributed by atoms with van der Waals surface area (Å²) < 4.78 is 41.1. The smallest absolute Gasteiger partial charge is 0.406 e. The number of hydrogen-bond donors (Lipinski definition) is 2. The Morgan fingerprint density at radius 1 is 0.857 bits per heavy atom. The summed E-state index contributed by atoms with van der Waals surface area (Å²) in [6.07, 6.45) is -5.69. The first-order valence-corrected chi connectivity index (χ1v) is 8.76. The first kappa shape index (κ1) is 20.2. The highest BCUT2D eigenvalue weighted by molar-refractivity contribution is 6.30. The molecular formula is C21H17ClF3NO2. The Labute approximate surface area is 165 Å². The highest BCUT2D eigenvalue weighted by atomic mass is 35.5. The number of rotatable bonds is 5. The van der Waals surface area contributed by atoms with Crippen LogP contribution in [-0.4, -0.2) is 11.5 Å². The lowest BCUT2D eigenvalue weighted by Gasteiger charge is -2.20. The van der Waals surface area contributed by atoms with Gasteiger partial charge in [-0.15, -0.1) is 13.2 Å². The van der Waals surface area contributed by atoms with Crippen LogP contribution in [0.4, 0.5) is 13.2 Å². The SMILES string of the molecule is N[C@@H](c1ccc(Cl)cc1)[C@H](O)c1ccc(-c2cccc(OC(F)(F)F)c2)cc1. The quantitative estimate of drug-likeness (QED) is 0.575. The van der Waals surface area contributed by atoms with Gasteiger partial charge in [0.25, 0.3) is 0 Å². The first-order chi connectivity index (χ1) is 13.2. The van der Waals surface area contributed by atoms with E-state index in [0.717, 1.165) is 5.56 Å². The zero-order chi connectivity index (χ0) is 20.3. The third-order valence-electron chi connectivity index (χ3n) is 4.25. The van der Waals surface area contributed by atoms with Gasteiger partial charge in [-0.25, -0.2) is 0 Å². The molecule has 0 fully saturated rings. The third kappa shape index (κ3) is 5.04. The highest BCUT2D eigenvalue weighted by Crippen LogP contribution is 2.31. The van der Waals surface area contributed by atoms with Gasteiger partial charge in [0.2, 0.25) is 0 Å². The van der Waals surface area contributed by atoms with E-state index in [4.69, 9.17) is 17.3 Å². The summed E-state index contributed by atoms with van der Waals surface area (Å²) in [7, 11) is 0. The normalized spacial score (nSPS) is 13.8. The molecule has 28 heavy (non-hydrogen) atoms. The number of halogens is 4. The van der Waals surface area contributed by atoms with Gasteiger partial charge in [-0.05, 0) is 46.5 Å². The van der Waals surface area contributed by atoms with E-state index >= 15 is 0 Å². The lowest BCUT2D eigenvalue weighted by Crippen LogP contribution is -2.19. The van der Waals surface area contributed by atoms with Crippen molar-refractivity contribution >= 4 is 11.6 Å². The molecule has 0 aliphatic rings. The lowest BCUT2D eigenvalue weighted by molar-refractivity contribution is -0.274. The van der Waals surface area contributed by atoms with Crippen LogP contribution < -0.4 is 10.5 Å². The molecule has 0 unspecified atom stereocenters. The summed E-state index contributed by atoms with van der Waals surface area (Å²) in [6, 6.07) is 18.7. The van der Waals surface area contributed by atoms with Crippen LogP contribution in [0.5, 0.6) is 5.75 Å². The molecule has 146 valence electrons. The molecule has 0 heterocycles. The van der Waals surface area contributed by atoms with Gasteiger partial charge in [-0.1, -0.05) is 60.1 Å². The van der Waals surface area contributed by atoms with Gasteiger partial charge in [0, 0.05) is 5.02 Å². The van der Waals surface area contributed by atoms with Gasteiger partial charge < -0.3 is 15.6 Å². The minimum atomic E-state index is -4.75. The molecule has 0 saturated heterocycles. The van der Waals surface area contributed by atoms with Gasteiger partial charge in [-0.2, -0.15) is 0 Å². The molecule has 3 N–H and O–H groups in total. The Morgan fingerprint density at radius 2 is 1.46 bits per heavy atom. The molecular weight excluding hydrogens is 391 g/mol. The van der Waals surface area contributed by atoms with Crippen molar-refractivity contribution < 1.29 is 23.0 Å². The summed E-state index contributed by atoms with van der Waals surface area (Å²) in [5.74, 6) is -0.293. The monoisotopic (exact) mass is 407 g/mol. The molecule has 3 rings (SSSR count). The van der Waals surface area contributed by atoms with E-state index in [0.29, 0.717) is 21.7 Å². The van der Waals surface area contributed by atoms with E-state index in [2.05, 4.69) is 4.74 Å². The fourth-order valence-corrected chi connectivity index (χ4v) is 2.95. The van der Waals surface area contributed by atoms with E-state index in [-0.39, 0.29) is 5.75 Å². The Morgan fingerprint density at radius 3 is 2.07 bits per heavy atom. The van der Waals surface area contributed by atoms with Gasteiger partial charge >= 0.3 is 6.36 Å². The van der Waals surface area contributed by atoms with Crippen LogP contribution in [0.2, 0.25) is 5.02 Å². The topological polar surface area (TPSA) is 55.5 Å². The van der Waals surface area contributed by atoms with E-state index in [1.807, 2.05) is 0 Å². The van der Waals surface area contributed by atoms with Crippen molar-refractivity contribution in [1.82, 2.24) is 0 Å². The van der Waals surface area contributed by atoms with Crippen LogP contribution >= 0.6 is 11.6 Å². The second-order valence-corrected chi connectivity index (χ2v) is 6.66. The number of ether oxygens (including phenoxy) is 1. The summed E-state index contributed by atoms with van der Waals surface area (Å²) >= 11 is 5.86. The van der Waals surface area contributed by atoms with E-state index < -0.39 is 18.5 Å². The maximum atomic E-state index is 12.4. The molecule has 0 spiro atoms. The van der Waals surface area contributed by atoms with Crippen molar-refractivity contribution in [2.75, 3.05) is 0 Å². The molecule has 3 nitrogen and oxygen atoms in total. The minimum Gasteiger partial charge on any atom is -0.406 e. The number of benzene rings is 3. The van der Waals surface area contributed by atoms with Crippen LogP contribution in [0.1, 0.15) is 23.3 Å². The van der Waals surface area contributed by atoms with Crippen LogP contribution in [0.15, 0.2) is 72.8 Å². The van der Waals surface area contributed by atoms with Crippen molar-refractivity contribution in [3.8, 4) is 16.9 Å². The van der Waals surface area contributed by atoms with Crippen molar-refractivity contribution in [3.05, 3.63) is 88.9 Å². The summed E-state index contributed by atoms with van der Waals surface area (Å²) in [5.41, 5.74) is 8.70. The first-order valence-electron chi connectivity index (χ1n) is 8.38. The maximum Gasteiger partial charge on any atom is 0.573 e. The average molecular weight is 408 g/mol. The number of aliphatic hydroxyl groups is 1. The molecule has 0 amide bonds. The van der Waals surface area contributed by atoms with Crippen molar-refractivity contribution in [2.45, 2.75) is 18.5 Å². The van der Waals surface area contributed by atoms with Gasteiger partial charge in [-0.3, -0.25) is 0 Å². The zero-order valence-corrected chi connectivity index (χ0v) is 15.3. The molecule has 3 aromatic carbocycles. The van der Waals surface area contributed by atoms with Gasteiger partial charge in [0.15, 0.2) is 0 Å². The summed E-state index contributed by atoms with van der Waals surface area (Å²) in [5, 5.41) is 11.1. The third-order valence-corrected chi connectivity index (χ3v) is 4.50. The van der Waals surface area contributed by atoms with E-state index in [1.165, 1.54) is 18.2 Å². The van der Waals surface area contributed by atoms with Crippen molar-refractivity contribution in [1.29, 1.82) is 0 Å². The molecule has 0 aromatic heterocycles. The predicted molar refractivity (Wildman–Crippen MR) is 102 cm³/mol. The van der Waals surface area contributed by atoms with Crippen LogP contribution in [0, 0.1) is 0 Å². The van der Waals surface area contributed by atoms with Crippen molar-refractivity contribution in [2.24, 2.45) is 5.73 Å². The molecule has 2 atom stereocenters. The Bertz CT molecular complexity index is 928. The zero-order valence-electron chi connectivity index (χ0n) is 14.5. The molecule has 0 aliphatic heterocycles. The molecule has 3 aromatic rings. The van der Waals surface area contributed by atoms with E-state index in [9.17, 15) is 18.3 Å². The van der Waals surface area contributed by atoms with Crippen LogP contribution in [0.25, 0.3) is 11.1 Å². The minimum absolute atomic E-state index is 0.293. The summed E-state index contributed by atoms with van der Waals surface area (Å²) in [4.78, 5) is 0. The number of nitrogens with two attached hydrogens (primary N) is 1. The van der Waals surface area contributed by atoms with Gasteiger partial charge in [0.1, 0.15) is 5.75 Å². The summed E-state index contributed by atoms with van der Waals surface area (Å²) in [6.45, 7) is 0. The standard InChI is InChI=1S/C21H17ClF3NO2/c22-17-10-8-14(9-11-17)19(26)20(27)15-6-4-13(5-7-15)16-2-1-3-18(12-16)28-21(23,24)25/h1-12,19-20,27H,26H2/t19-,20+/m0/s1. The molecule has 0 saturated carbocycles.